The largest absolute Gasteiger partial charge is 0.461 e. The van der Waals surface area contributed by atoms with Crippen molar-refractivity contribution >= 4 is 11.9 Å². The van der Waals surface area contributed by atoms with Gasteiger partial charge in [-0.2, -0.15) is 0 Å². The summed E-state index contributed by atoms with van der Waals surface area (Å²) in [4.78, 5) is 27.1. The van der Waals surface area contributed by atoms with Crippen LogP contribution in [0.4, 0.5) is 0 Å². The monoisotopic (exact) mass is 492 g/mol. The second kappa shape index (κ2) is 6.04. The van der Waals surface area contributed by atoms with Gasteiger partial charge in [0.15, 0.2) is 0 Å². The number of hydrogen-bond donors (Lipinski definition) is 1. The van der Waals surface area contributed by atoms with E-state index in [-0.39, 0.29) is 52.9 Å². The Labute approximate surface area is 212 Å². The summed E-state index contributed by atoms with van der Waals surface area (Å²) in [5, 5.41) is 12.4. The first-order valence-electron chi connectivity index (χ1n) is 13.9. The third-order valence-corrected chi connectivity index (χ3v) is 12.7. The molecule has 0 aromatic rings. The fourth-order valence-corrected chi connectivity index (χ4v) is 11.1. The molecule has 3 saturated carbocycles. The molecule has 3 spiro atoms. The Bertz CT molecular complexity index is 1240. The van der Waals surface area contributed by atoms with Crippen LogP contribution in [0.3, 0.4) is 0 Å². The third kappa shape index (κ3) is 1.98. The smallest absolute Gasteiger partial charge is 0.334 e. The highest BCUT2D eigenvalue weighted by molar-refractivity contribution is 5.92. The normalized spacial score (nSPS) is 57.9. The van der Waals surface area contributed by atoms with Crippen LogP contribution in [0.2, 0.25) is 0 Å². The molecule has 3 saturated heterocycles. The molecular formula is C30H36O6. The van der Waals surface area contributed by atoms with E-state index in [1.54, 1.807) is 0 Å². The van der Waals surface area contributed by atoms with Gasteiger partial charge >= 0.3 is 11.9 Å². The zero-order valence-electron chi connectivity index (χ0n) is 21.7. The number of allylic oxidation sites excluding steroid dienone is 1. The molecule has 0 amide bonds. The van der Waals surface area contributed by atoms with E-state index in [1.165, 1.54) is 11.1 Å². The van der Waals surface area contributed by atoms with Crippen molar-refractivity contribution in [2.45, 2.75) is 102 Å². The van der Waals surface area contributed by atoms with Crippen molar-refractivity contribution in [1.82, 2.24) is 0 Å². The Balaban J connectivity index is 1.34. The number of carbonyl (C=O) groups excluding carboxylic acids is 2. The Morgan fingerprint density at radius 2 is 1.86 bits per heavy atom. The molecule has 36 heavy (non-hydrogen) atoms. The van der Waals surface area contributed by atoms with Gasteiger partial charge in [0.2, 0.25) is 0 Å². The maximum absolute atomic E-state index is 14.4. The summed E-state index contributed by atoms with van der Waals surface area (Å²) in [6.07, 6.45) is 6.79. The molecule has 11 atom stereocenters. The first-order chi connectivity index (χ1) is 16.9. The van der Waals surface area contributed by atoms with Gasteiger partial charge in [0, 0.05) is 28.7 Å². The third-order valence-electron chi connectivity index (χ3n) is 12.7. The van der Waals surface area contributed by atoms with Gasteiger partial charge in [-0.3, -0.25) is 4.79 Å². The fourth-order valence-electron chi connectivity index (χ4n) is 11.1. The lowest BCUT2D eigenvalue weighted by molar-refractivity contribution is -0.169. The van der Waals surface area contributed by atoms with Crippen LogP contribution in [-0.2, 0) is 23.8 Å². The average Bonchev–Trinajstić information content (AvgIpc) is 3.21. The van der Waals surface area contributed by atoms with Gasteiger partial charge in [-0.1, -0.05) is 23.8 Å². The summed E-state index contributed by atoms with van der Waals surface area (Å²) in [7, 11) is 0. The summed E-state index contributed by atoms with van der Waals surface area (Å²) < 4.78 is 19.0. The first-order valence-corrected chi connectivity index (χ1v) is 13.9. The van der Waals surface area contributed by atoms with Gasteiger partial charge in [0.05, 0.1) is 16.6 Å². The highest BCUT2D eigenvalue weighted by Gasteiger charge is 2.84. The van der Waals surface area contributed by atoms with E-state index in [4.69, 9.17) is 14.2 Å². The Morgan fingerprint density at radius 3 is 2.64 bits per heavy atom. The molecule has 192 valence electrons. The Hall–Kier alpha value is -1.92. The lowest BCUT2D eigenvalue weighted by atomic mass is 9.48. The lowest BCUT2D eigenvalue weighted by Gasteiger charge is -2.54. The van der Waals surface area contributed by atoms with Gasteiger partial charge in [-0.15, -0.1) is 0 Å². The number of aliphatic hydroxyl groups is 1. The second-order valence-electron chi connectivity index (χ2n) is 13.7. The standard InChI is InChI=1S/C30H36O6/c1-14-6-11-30-20(14)23-19(8-10-27(30,5)36-30)28(25(32)35-23)12-17-13-29(28)21(15(17)2)22-18(7-9-26(29,4)33)16(3)24(31)34-22/h6,17-20,22-23,33H,3,7-13H2,1-2,4-5H3/t17-,18+,19-,20-,22+,23+,26-,27+,28-,29-,30-/m1/s1. The second-order valence-corrected chi connectivity index (χ2v) is 13.7. The highest BCUT2D eigenvalue weighted by atomic mass is 16.6. The Kier molecular flexibility index (Phi) is 3.71. The van der Waals surface area contributed by atoms with Crippen molar-refractivity contribution in [3.05, 3.63) is 34.9 Å². The predicted octanol–water partition coefficient (Wildman–Crippen LogP) is 4.17. The van der Waals surface area contributed by atoms with Crippen LogP contribution in [0.15, 0.2) is 34.9 Å². The predicted molar refractivity (Wildman–Crippen MR) is 129 cm³/mol. The van der Waals surface area contributed by atoms with Crippen LogP contribution in [0, 0.1) is 34.5 Å². The van der Waals surface area contributed by atoms with Crippen LogP contribution in [0.1, 0.15) is 72.6 Å². The van der Waals surface area contributed by atoms with Gasteiger partial charge in [-0.25, -0.2) is 4.79 Å². The first kappa shape index (κ1) is 22.1. The van der Waals surface area contributed by atoms with Crippen molar-refractivity contribution in [1.29, 1.82) is 0 Å². The fraction of sp³-hybridized carbons (Fsp3) is 0.733. The van der Waals surface area contributed by atoms with Crippen LogP contribution in [0.5, 0.6) is 0 Å². The molecule has 0 radical (unpaired) electrons. The number of hydrogen-bond acceptors (Lipinski definition) is 6. The number of epoxide rings is 1. The summed E-state index contributed by atoms with van der Waals surface area (Å²) in [6.45, 7) is 12.5. The molecule has 8 rings (SSSR count). The van der Waals surface area contributed by atoms with Crippen LogP contribution in [-0.4, -0.2) is 46.1 Å². The minimum absolute atomic E-state index is 0.00187. The van der Waals surface area contributed by atoms with Crippen molar-refractivity contribution in [3.63, 3.8) is 0 Å². The molecule has 6 fully saturated rings. The number of esters is 2. The van der Waals surface area contributed by atoms with Gasteiger partial charge in [0.1, 0.15) is 17.8 Å². The van der Waals surface area contributed by atoms with Gasteiger partial charge in [-0.05, 0) is 84.1 Å². The summed E-state index contributed by atoms with van der Waals surface area (Å²) >= 11 is 0. The molecule has 3 aliphatic heterocycles. The van der Waals surface area contributed by atoms with E-state index in [0.717, 1.165) is 31.3 Å². The maximum Gasteiger partial charge on any atom is 0.334 e. The molecule has 8 aliphatic rings. The highest BCUT2D eigenvalue weighted by Crippen LogP contribution is 2.80. The van der Waals surface area contributed by atoms with Crippen molar-refractivity contribution in [2.75, 3.05) is 0 Å². The molecule has 0 aromatic carbocycles. The molecule has 1 N–H and O–H groups in total. The molecule has 3 heterocycles. The SMILES string of the molecule is C=C1C(=O)O[C@@H]2C3=C(C)[C@H]4C[C@]3([C@@]3(C4)C(=O)O[C@H]4[C@H]3CC[C@]3(C)O[C@@]35CC=C(C)[C@H]45)[C@](C)(O)CC[C@@H]12. The molecule has 5 aliphatic carbocycles. The van der Waals surface area contributed by atoms with Gasteiger partial charge in [0.25, 0.3) is 0 Å². The van der Waals surface area contributed by atoms with E-state index >= 15 is 0 Å². The Morgan fingerprint density at radius 1 is 1.08 bits per heavy atom. The summed E-state index contributed by atoms with van der Waals surface area (Å²) in [5.74, 6) is -0.379. The minimum atomic E-state index is -1.12. The minimum Gasteiger partial charge on any atom is -0.461 e. The van der Waals surface area contributed by atoms with Gasteiger partial charge < -0.3 is 19.3 Å². The number of ether oxygens (including phenoxy) is 3. The lowest BCUT2D eigenvalue weighted by Crippen LogP contribution is -2.60. The summed E-state index contributed by atoms with van der Waals surface area (Å²) in [6, 6.07) is 0. The van der Waals surface area contributed by atoms with E-state index in [0.29, 0.717) is 24.8 Å². The molecule has 6 heteroatoms. The quantitative estimate of drug-likeness (QED) is 0.236. The van der Waals surface area contributed by atoms with Crippen LogP contribution >= 0.6 is 0 Å². The molecule has 2 bridgehead atoms. The van der Waals surface area contributed by atoms with Crippen molar-refractivity contribution < 1.29 is 28.9 Å². The average molecular weight is 493 g/mol. The molecule has 0 aromatic heterocycles. The number of rotatable bonds is 0. The zero-order chi connectivity index (χ0) is 25.2. The van der Waals surface area contributed by atoms with Crippen LogP contribution in [0.25, 0.3) is 0 Å². The molecule has 0 unspecified atom stereocenters. The van der Waals surface area contributed by atoms with E-state index in [1.807, 2.05) is 6.92 Å². The van der Waals surface area contributed by atoms with Crippen molar-refractivity contribution in [2.24, 2.45) is 34.5 Å². The number of carbonyl (C=O) groups is 2. The van der Waals surface area contributed by atoms with E-state index in [9.17, 15) is 14.7 Å². The van der Waals surface area contributed by atoms with E-state index < -0.39 is 22.5 Å². The van der Waals surface area contributed by atoms with E-state index in [2.05, 4.69) is 33.4 Å². The summed E-state index contributed by atoms with van der Waals surface area (Å²) in [5.41, 5.74) is 0.807. The zero-order valence-corrected chi connectivity index (χ0v) is 21.7. The van der Waals surface area contributed by atoms with Crippen LogP contribution < -0.4 is 0 Å². The molecular weight excluding hydrogens is 456 g/mol. The van der Waals surface area contributed by atoms with Crippen molar-refractivity contribution in [3.8, 4) is 0 Å². The molecule has 6 nitrogen and oxygen atoms in total. The topological polar surface area (TPSA) is 85.4 Å². The maximum atomic E-state index is 14.4. The number of fused-ring (bicyclic) bond motifs is 6.